The fourth-order valence-electron chi connectivity index (χ4n) is 3.25. The van der Waals surface area contributed by atoms with Gasteiger partial charge in [-0.05, 0) is 39.0 Å². The van der Waals surface area contributed by atoms with Gasteiger partial charge in [-0.2, -0.15) is 4.99 Å². The van der Waals surface area contributed by atoms with Crippen molar-refractivity contribution in [1.82, 2.24) is 5.32 Å². The number of ether oxygens (including phenoxy) is 1. The third-order valence-electron chi connectivity index (χ3n) is 4.48. The van der Waals surface area contributed by atoms with Gasteiger partial charge in [0.15, 0.2) is 15.0 Å². The summed E-state index contributed by atoms with van der Waals surface area (Å²) in [6.45, 7) is 5.31. The Morgan fingerprint density at radius 1 is 1.26 bits per heavy atom. The van der Waals surface area contributed by atoms with E-state index in [2.05, 4.69) is 10.3 Å². The van der Waals surface area contributed by atoms with Gasteiger partial charge in [-0.25, -0.2) is 13.2 Å². The molecule has 8 nitrogen and oxygen atoms in total. The van der Waals surface area contributed by atoms with E-state index in [-0.39, 0.29) is 35.8 Å². The Hall–Kier alpha value is -1.49. The van der Waals surface area contributed by atoms with Crippen LogP contribution in [0.25, 0.3) is 0 Å². The van der Waals surface area contributed by atoms with E-state index >= 15 is 0 Å². The van der Waals surface area contributed by atoms with Gasteiger partial charge in [0.1, 0.15) is 5.60 Å². The third-order valence-corrected chi connectivity index (χ3v) is 8.42. The summed E-state index contributed by atoms with van der Waals surface area (Å²) in [6, 6.07) is 4.61. The Kier molecular flexibility index (Phi) is 7.15. The zero-order valence-corrected chi connectivity index (χ0v) is 20.4. The van der Waals surface area contributed by atoms with Crippen molar-refractivity contribution < 1.29 is 22.7 Å². The van der Waals surface area contributed by atoms with Crippen molar-refractivity contribution in [2.75, 3.05) is 23.0 Å². The summed E-state index contributed by atoms with van der Waals surface area (Å²) in [6.07, 6.45) is -0.632. The first-order chi connectivity index (χ1) is 14.3. The lowest BCUT2D eigenvalue weighted by molar-refractivity contribution is -0.117. The highest BCUT2D eigenvalue weighted by atomic mass is 35.5. The number of aliphatic imine (C=N–C) groups is 1. The quantitative estimate of drug-likeness (QED) is 0.664. The average molecular weight is 508 g/mol. The zero-order valence-electron chi connectivity index (χ0n) is 17.2. The molecule has 2 atom stereocenters. The molecule has 0 aliphatic carbocycles. The monoisotopic (exact) mass is 507 g/mol. The summed E-state index contributed by atoms with van der Waals surface area (Å²) < 4.78 is 29.4. The standard InChI is InChI=1S/C19H23Cl2N3O5S2/c1-19(2,3)29-18(26)22-7-6-16(25)23-17-24(11-4-5-12(20)13(21)8-11)14-9-31(27,28)10-15(14)30-17/h4-5,8,14-15H,6-7,9-10H2,1-3H3,(H,22,26). The summed E-state index contributed by atoms with van der Waals surface area (Å²) >= 11 is 13.4. The molecule has 0 radical (unpaired) electrons. The number of thioether (sulfide) groups is 1. The van der Waals surface area contributed by atoms with E-state index in [1.54, 1.807) is 43.9 Å². The number of anilines is 1. The van der Waals surface area contributed by atoms with Gasteiger partial charge in [-0.15, -0.1) is 0 Å². The maximum Gasteiger partial charge on any atom is 0.407 e. The van der Waals surface area contributed by atoms with Gasteiger partial charge in [-0.1, -0.05) is 35.0 Å². The Bertz CT molecular complexity index is 1020. The first-order valence-electron chi connectivity index (χ1n) is 9.54. The molecule has 1 aromatic rings. The number of hydrogen-bond acceptors (Lipinski definition) is 6. The summed E-state index contributed by atoms with van der Waals surface area (Å²) in [4.78, 5) is 30.1. The number of halogens is 2. The molecule has 12 heteroatoms. The molecular formula is C19H23Cl2N3O5S2. The highest BCUT2D eigenvalue weighted by Gasteiger charge is 2.49. The predicted octanol–water partition coefficient (Wildman–Crippen LogP) is 3.51. The normalized spacial score (nSPS) is 23.6. The smallest absolute Gasteiger partial charge is 0.407 e. The van der Waals surface area contributed by atoms with Gasteiger partial charge in [-0.3, -0.25) is 4.79 Å². The fraction of sp³-hybridized carbons (Fsp3) is 0.526. The number of amidine groups is 1. The second-order valence-corrected chi connectivity index (χ2v) is 12.4. The number of sulfone groups is 1. The van der Waals surface area contributed by atoms with Gasteiger partial charge in [0.05, 0.1) is 27.6 Å². The lowest BCUT2D eigenvalue weighted by atomic mass is 10.2. The number of fused-ring (bicyclic) bond motifs is 1. The molecule has 170 valence electrons. The largest absolute Gasteiger partial charge is 0.444 e. The molecule has 0 spiro atoms. The van der Waals surface area contributed by atoms with E-state index in [9.17, 15) is 18.0 Å². The zero-order chi connectivity index (χ0) is 23.0. The number of benzene rings is 1. The van der Waals surface area contributed by atoms with Crippen LogP contribution in [0, 0.1) is 0 Å². The molecular weight excluding hydrogens is 485 g/mol. The topological polar surface area (TPSA) is 105 Å². The van der Waals surface area contributed by atoms with Crippen molar-refractivity contribution in [1.29, 1.82) is 0 Å². The molecule has 0 saturated carbocycles. The van der Waals surface area contributed by atoms with Crippen LogP contribution < -0.4 is 10.2 Å². The van der Waals surface area contributed by atoms with Crippen LogP contribution in [-0.2, 0) is 19.4 Å². The maximum atomic E-state index is 12.4. The van der Waals surface area contributed by atoms with E-state index in [1.807, 2.05) is 0 Å². The molecule has 2 aliphatic heterocycles. The minimum atomic E-state index is -3.18. The van der Waals surface area contributed by atoms with Crippen molar-refractivity contribution in [2.24, 2.45) is 4.99 Å². The first kappa shape index (κ1) is 24.2. The highest BCUT2D eigenvalue weighted by Crippen LogP contribution is 2.42. The Balaban J connectivity index is 1.74. The Labute approximate surface area is 195 Å². The summed E-state index contributed by atoms with van der Waals surface area (Å²) in [7, 11) is -3.18. The minimum Gasteiger partial charge on any atom is -0.444 e. The molecule has 0 bridgehead atoms. The molecule has 2 unspecified atom stereocenters. The van der Waals surface area contributed by atoms with E-state index in [0.717, 1.165) is 0 Å². The molecule has 0 aromatic heterocycles. The predicted molar refractivity (Wildman–Crippen MR) is 124 cm³/mol. The van der Waals surface area contributed by atoms with Gasteiger partial charge in [0.2, 0.25) is 5.91 Å². The maximum absolute atomic E-state index is 12.4. The van der Waals surface area contributed by atoms with E-state index in [4.69, 9.17) is 27.9 Å². The van der Waals surface area contributed by atoms with Crippen LogP contribution in [0.3, 0.4) is 0 Å². The number of hydrogen-bond donors (Lipinski definition) is 1. The number of alkyl carbamates (subject to hydrolysis) is 1. The highest BCUT2D eigenvalue weighted by molar-refractivity contribution is 8.16. The van der Waals surface area contributed by atoms with E-state index in [0.29, 0.717) is 20.9 Å². The van der Waals surface area contributed by atoms with Crippen molar-refractivity contribution in [2.45, 2.75) is 44.1 Å². The number of nitrogens with one attached hydrogen (secondary N) is 1. The first-order valence-corrected chi connectivity index (χ1v) is 13.0. The Morgan fingerprint density at radius 2 is 1.97 bits per heavy atom. The molecule has 2 saturated heterocycles. The molecule has 2 aliphatic rings. The van der Waals surface area contributed by atoms with Gasteiger partial charge >= 0.3 is 6.09 Å². The molecule has 31 heavy (non-hydrogen) atoms. The van der Waals surface area contributed by atoms with Gasteiger partial charge in [0.25, 0.3) is 0 Å². The van der Waals surface area contributed by atoms with Crippen LogP contribution in [0.4, 0.5) is 10.5 Å². The molecule has 3 rings (SSSR count). The number of rotatable bonds is 4. The molecule has 1 N–H and O–H groups in total. The van der Waals surface area contributed by atoms with Crippen molar-refractivity contribution in [3.63, 3.8) is 0 Å². The average Bonchev–Trinajstić information content (AvgIpc) is 3.06. The minimum absolute atomic E-state index is 0.0214. The van der Waals surface area contributed by atoms with Crippen molar-refractivity contribution in [3.05, 3.63) is 28.2 Å². The second-order valence-electron chi connectivity index (χ2n) is 8.24. The van der Waals surface area contributed by atoms with Crippen LogP contribution in [0.2, 0.25) is 10.0 Å². The number of nitrogens with zero attached hydrogens (tertiary/aromatic N) is 2. The number of amides is 2. The van der Waals surface area contributed by atoms with Crippen molar-refractivity contribution in [3.8, 4) is 0 Å². The van der Waals surface area contributed by atoms with Crippen LogP contribution in [0.15, 0.2) is 23.2 Å². The van der Waals surface area contributed by atoms with Crippen LogP contribution >= 0.6 is 35.0 Å². The number of carbonyl (C=O) groups excluding carboxylic acids is 2. The van der Waals surface area contributed by atoms with Crippen LogP contribution in [0.5, 0.6) is 0 Å². The SMILES string of the molecule is CC(C)(C)OC(=O)NCCC(=O)N=C1SC2CS(=O)(=O)CC2N1c1ccc(Cl)c(Cl)c1. The number of carbonyl (C=O) groups is 2. The van der Waals surface area contributed by atoms with Crippen molar-refractivity contribution >= 4 is 67.7 Å². The Morgan fingerprint density at radius 3 is 2.61 bits per heavy atom. The lowest BCUT2D eigenvalue weighted by Gasteiger charge is -2.24. The molecule has 2 amide bonds. The summed E-state index contributed by atoms with van der Waals surface area (Å²) in [5.74, 6) is -0.447. The molecule has 1 aromatic carbocycles. The van der Waals surface area contributed by atoms with E-state index in [1.165, 1.54) is 11.8 Å². The van der Waals surface area contributed by atoms with E-state index < -0.39 is 27.4 Å². The van der Waals surface area contributed by atoms with Gasteiger partial charge in [0, 0.05) is 23.9 Å². The molecule has 2 fully saturated rings. The van der Waals surface area contributed by atoms with Crippen LogP contribution in [-0.4, -0.2) is 60.5 Å². The second kappa shape index (κ2) is 9.17. The summed E-state index contributed by atoms with van der Waals surface area (Å²) in [5, 5.41) is 3.39. The van der Waals surface area contributed by atoms with Crippen LogP contribution in [0.1, 0.15) is 27.2 Å². The molecule has 2 heterocycles. The lowest BCUT2D eigenvalue weighted by Crippen LogP contribution is -2.37. The fourth-order valence-corrected chi connectivity index (χ4v) is 7.47. The van der Waals surface area contributed by atoms with Gasteiger partial charge < -0.3 is 15.0 Å². The third kappa shape index (κ3) is 6.27. The summed E-state index contributed by atoms with van der Waals surface area (Å²) in [5.41, 5.74) is -0.0160.